The number of rotatable bonds is 6. The fourth-order valence-electron chi connectivity index (χ4n) is 6.36. The van der Waals surface area contributed by atoms with E-state index in [0.717, 1.165) is 23.9 Å². The van der Waals surface area contributed by atoms with Crippen LogP contribution in [0.25, 0.3) is 11.2 Å². The molecule has 218 valence electrons. The molecule has 2 saturated carbocycles. The van der Waals surface area contributed by atoms with Crippen LogP contribution in [0.15, 0.2) is 0 Å². The van der Waals surface area contributed by atoms with E-state index >= 15 is 0 Å². The van der Waals surface area contributed by atoms with Gasteiger partial charge >= 0.3 is 6.09 Å². The summed E-state index contributed by atoms with van der Waals surface area (Å²) in [5, 5.41) is 13.4. The van der Waals surface area contributed by atoms with E-state index in [9.17, 15) is 10.1 Å². The van der Waals surface area contributed by atoms with Gasteiger partial charge in [0.2, 0.25) is 11.8 Å². The molecular formula is C30H46N8O2. The van der Waals surface area contributed by atoms with E-state index in [1.165, 1.54) is 44.9 Å². The quantitative estimate of drug-likeness (QED) is 0.497. The van der Waals surface area contributed by atoms with Crippen molar-refractivity contribution in [3.05, 3.63) is 5.82 Å². The molecule has 1 unspecified atom stereocenters. The molecule has 2 aromatic heterocycles. The number of nitrogens with zero attached hydrogens (tertiary/aromatic N) is 7. The first-order valence-corrected chi connectivity index (χ1v) is 15.2. The third-order valence-corrected chi connectivity index (χ3v) is 9.02. The van der Waals surface area contributed by atoms with Gasteiger partial charge in [-0.1, -0.05) is 26.2 Å². The van der Waals surface area contributed by atoms with Crippen molar-refractivity contribution in [2.45, 2.75) is 111 Å². The topological polar surface area (TPSA) is 112 Å². The molecule has 0 radical (unpaired) electrons. The van der Waals surface area contributed by atoms with E-state index < -0.39 is 5.60 Å². The van der Waals surface area contributed by atoms with Crippen molar-refractivity contribution in [3.8, 4) is 6.07 Å². The fraction of sp³-hybridized carbons (Fsp3) is 0.767. The minimum Gasteiger partial charge on any atom is -0.444 e. The van der Waals surface area contributed by atoms with Gasteiger partial charge in [0.05, 0.1) is 0 Å². The van der Waals surface area contributed by atoms with Gasteiger partial charge in [-0.3, -0.25) is 0 Å². The maximum atomic E-state index is 12.8. The summed E-state index contributed by atoms with van der Waals surface area (Å²) in [7, 11) is 0. The molecule has 0 spiro atoms. The van der Waals surface area contributed by atoms with E-state index in [4.69, 9.17) is 9.72 Å². The molecule has 5 rings (SSSR count). The molecule has 3 heterocycles. The molecule has 10 nitrogen and oxygen atoms in total. The number of anilines is 2. The number of imidazole rings is 1. The lowest BCUT2D eigenvalue weighted by molar-refractivity contribution is 0.0217. The molecule has 1 N–H and O–H groups in total. The van der Waals surface area contributed by atoms with Gasteiger partial charge in [-0.25, -0.2) is 4.79 Å². The van der Waals surface area contributed by atoms with Crippen LogP contribution in [0.2, 0.25) is 0 Å². The Morgan fingerprint density at radius 3 is 2.42 bits per heavy atom. The molecule has 2 atom stereocenters. The first-order valence-electron chi connectivity index (χ1n) is 15.2. The maximum absolute atomic E-state index is 12.8. The average molecular weight is 551 g/mol. The van der Waals surface area contributed by atoms with Crippen LogP contribution in [-0.4, -0.2) is 67.8 Å². The first-order chi connectivity index (χ1) is 19.0. The predicted molar refractivity (Wildman–Crippen MR) is 156 cm³/mol. The van der Waals surface area contributed by atoms with Gasteiger partial charge in [0.1, 0.15) is 17.2 Å². The standard InChI is InChI=1S/C30H46N8O2/c1-19-10-12-22(13-11-19)18-38-25-26(32-21(3)23-8-7-9-23)33-24(16-31)34-27(25)35-28(38)37-15-14-36(17-20(37)2)29(39)40-30(4,5)6/h19-23H,7-15,17-18H2,1-6H3,(H,32,33,34)/t19?,20?,21-,22?/m1/s1. The van der Waals surface area contributed by atoms with Crippen molar-refractivity contribution in [2.75, 3.05) is 29.9 Å². The van der Waals surface area contributed by atoms with Gasteiger partial charge in [0.15, 0.2) is 11.5 Å². The van der Waals surface area contributed by atoms with Gasteiger partial charge in [-0.15, -0.1) is 0 Å². The molecule has 3 fully saturated rings. The summed E-state index contributed by atoms with van der Waals surface area (Å²) >= 11 is 0. The molecule has 2 aromatic rings. The summed E-state index contributed by atoms with van der Waals surface area (Å²) in [6, 6.07) is 2.45. The SMILES string of the molecule is CC1CCC(Cn2c(N3CCN(C(=O)OC(C)(C)C)CC3C)nc3nc(C#N)nc(N[C@H](C)C4CCC4)c32)CC1. The zero-order valence-corrected chi connectivity index (χ0v) is 25.1. The largest absolute Gasteiger partial charge is 0.444 e. The second-order valence-corrected chi connectivity index (χ2v) is 13.4. The molecule has 0 bridgehead atoms. The number of hydrogen-bond donors (Lipinski definition) is 1. The summed E-state index contributed by atoms with van der Waals surface area (Å²) in [6.45, 7) is 15.0. The van der Waals surface area contributed by atoms with E-state index in [1.807, 2.05) is 20.8 Å². The Labute approximate surface area is 238 Å². The van der Waals surface area contributed by atoms with Crippen LogP contribution in [0.1, 0.15) is 92.3 Å². The summed E-state index contributed by atoms with van der Waals surface area (Å²) < 4.78 is 7.96. The second-order valence-electron chi connectivity index (χ2n) is 13.4. The molecule has 1 amide bonds. The number of amides is 1. The number of carbonyl (C=O) groups excluding carboxylic acids is 1. The molecular weight excluding hydrogens is 504 g/mol. The number of nitriles is 1. The Morgan fingerprint density at radius 2 is 1.82 bits per heavy atom. The molecule has 10 heteroatoms. The van der Waals surface area contributed by atoms with Crippen molar-refractivity contribution in [1.29, 1.82) is 5.26 Å². The van der Waals surface area contributed by atoms with E-state index in [0.29, 0.717) is 42.9 Å². The Hall–Kier alpha value is -3.09. The highest BCUT2D eigenvalue weighted by Crippen LogP contribution is 2.36. The Kier molecular flexibility index (Phi) is 8.12. The number of ether oxygens (including phenoxy) is 1. The van der Waals surface area contributed by atoms with Crippen molar-refractivity contribution in [3.63, 3.8) is 0 Å². The highest BCUT2D eigenvalue weighted by molar-refractivity contribution is 5.86. The number of fused-ring (bicyclic) bond motifs is 1. The molecule has 40 heavy (non-hydrogen) atoms. The summed E-state index contributed by atoms with van der Waals surface area (Å²) in [5.74, 6) is 3.66. The lowest BCUT2D eigenvalue weighted by Gasteiger charge is -2.41. The van der Waals surface area contributed by atoms with Gasteiger partial charge in [-0.05, 0) is 78.1 Å². The van der Waals surface area contributed by atoms with Gasteiger partial charge in [-0.2, -0.15) is 20.2 Å². The zero-order valence-electron chi connectivity index (χ0n) is 25.1. The minimum absolute atomic E-state index is 0.0388. The lowest BCUT2D eigenvalue weighted by Crippen LogP contribution is -2.55. The van der Waals surface area contributed by atoms with Crippen molar-refractivity contribution < 1.29 is 9.53 Å². The third-order valence-electron chi connectivity index (χ3n) is 9.02. The van der Waals surface area contributed by atoms with Crippen LogP contribution in [-0.2, 0) is 11.3 Å². The van der Waals surface area contributed by atoms with E-state index in [2.05, 4.69) is 51.6 Å². The van der Waals surface area contributed by atoms with Crippen LogP contribution in [0.4, 0.5) is 16.6 Å². The molecule has 0 aromatic carbocycles. The smallest absolute Gasteiger partial charge is 0.410 e. The first kappa shape index (κ1) is 28.4. The second kappa shape index (κ2) is 11.4. The van der Waals surface area contributed by atoms with Crippen LogP contribution >= 0.6 is 0 Å². The number of piperazine rings is 1. The van der Waals surface area contributed by atoms with Gasteiger partial charge < -0.3 is 24.4 Å². The van der Waals surface area contributed by atoms with Crippen molar-refractivity contribution >= 4 is 29.0 Å². The fourth-order valence-corrected chi connectivity index (χ4v) is 6.36. The number of nitrogens with one attached hydrogen (secondary N) is 1. The molecule has 3 aliphatic rings. The highest BCUT2D eigenvalue weighted by Gasteiger charge is 2.34. The Balaban J connectivity index is 1.50. The van der Waals surface area contributed by atoms with Crippen molar-refractivity contribution in [1.82, 2.24) is 24.4 Å². The Bertz CT molecular complexity index is 1250. The molecule has 2 aliphatic carbocycles. The van der Waals surface area contributed by atoms with Crippen LogP contribution in [0.3, 0.4) is 0 Å². The number of carbonyl (C=O) groups is 1. The zero-order chi connectivity index (χ0) is 28.6. The maximum Gasteiger partial charge on any atom is 0.410 e. The van der Waals surface area contributed by atoms with Gasteiger partial charge in [0, 0.05) is 38.3 Å². The summed E-state index contributed by atoms with van der Waals surface area (Å²) in [6.07, 6.45) is 8.32. The average Bonchev–Trinajstić information content (AvgIpc) is 3.21. The highest BCUT2D eigenvalue weighted by atomic mass is 16.6. The van der Waals surface area contributed by atoms with Crippen molar-refractivity contribution in [2.24, 2.45) is 17.8 Å². The monoisotopic (exact) mass is 550 g/mol. The number of hydrogen-bond acceptors (Lipinski definition) is 8. The molecule has 1 aliphatic heterocycles. The van der Waals surface area contributed by atoms with Crippen LogP contribution in [0, 0.1) is 29.1 Å². The Morgan fingerprint density at radius 1 is 1.10 bits per heavy atom. The predicted octanol–water partition coefficient (Wildman–Crippen LogP) is 5.57. The van der Waals surface area contributed by atoms with Gasteiger partial charge in [0.25, 0.3) is 0 Å². The molecule has 1 saturated heterocycles. The lowest BCUT2D eigenvalue weighted by atomic mass is 9.80. The van der Waals surface area contributed by atoms with E-state index in [-0.39, 0.29) is 24.0 Å². The third kappa shape index (κ3) is 6.13. The number of aromatic nitrogens is 4. The normalized spacial score (nSPS) is 24.9. The van der Waals surface area contributed by atoms with Crippen LogP contribution in [0.5, 0.6) is 0 Å². The minimum atomic E-state index is -0.528. The van der Waals surface area contributed by atoms with E-state index in [1.54, 1.807) is 4.90 Å². The summed E-state index contributed by atoms with van der Waals surface area (Å²) in [5.41, 5.74) is 0.927. The summed E-state index contributed by atoms with van der Waals surface area (Å²) in [4.78, 5) is 31.2. The van der Waals surface area contributed by atoms with Crippen LogP contribution < -0.4 is 10.2 Å².